The van der Waals surface area contributed by atoms with E-state index >= 15 is 0 Å². The molecule has 2 N–H and O–H groups in total. The molecule has 2 rings (SSSR count). The van der Waals surface area contributed by atoms with Gasteiger partial charge >= 0.3 is 0 Å². The number of nitrogen functional groups attached to an aromatic ring is 1. The monoisotopic (exact) mass is 371 g/mol. The van der Waals surface area contributed by atoms with Crippen molar-refractivity contribution in [1.29, 1.82) is 0 Å². The van der Waals surface area contributed by atoms with Crippen molar-refractivity contribution >= 4 is 37.7 Å². The predicted molar refractivity (Wildman–Crippen MR) is 82.1 cm³/mol. The number of nitrogens with two attached hydrogens (primary N) is 1. The van der Waals surface area contributed by atoms with Gasteiger partial charge < -0.3 is 5.73 Å². The predicted octanol–water partition coefficient (Wildman–Crippen LogP) is 4.28. The average molecular weight is 373 g/mol. The fourth-order valence-corrected chi connectivity index (χ4v) is 2.99. The van der Waals surface area contributed by atoms with Crippen LogP contribution < -0.4 is 5.73 Å². The van der Waals surface area contributed by atoms with Gasteiger partial charge in [0.15, 0.2) is 0 Å². The summed E-state index contributed by atoms with van der Waals surface area (Å²) in [7, 11) is 0. The summed E-state index contributed by atoms with van der Waals surface area (Å²) >= 11 is 7.05. The second-order valence-electron chi connectivity index (χ2n) is 5.16. The Kier molecular flexibility index (Phi) is 3.56. The lowest BCUT2D eigenvalue weighted by molar-refractivity contribution is 0.558. The maximum atomic E-state index is 6.13. The van der Waals surface area contributed by atoms with Gasteiger partial charge in [0.1, 0.15) is 5.82 Å². The van der Waals surface area contributed by atoms with Crippen LogP contribution in [0.4, 0.5) is 5.82 Å². The van der Waals surface area contributed by atoms with E-state index in [0.29, 0.717) is 5.82 Å². The first-order valence-corrected chi connectivity index (χ1v) is 7.20. The number of para-hydroxylation sites is 1. The van der Waals surface area contributed by atoms with Crippen LogP contribution in [0.5, 0.6) is 0 Å². The van der Waals surface area contributed by atoms with Crippen LogP contribution in [-0.2, 0) is 5.41 Å². The van der Waals surface area contributed by atoms with Crippen LogP contribution in [0.3, 0.4) is 0 Å². The largest absolute Gasteiger partial charge is 0.383 e. The summed E-state index contributed by atoms with van der Waals surface area (Å²) in [6.07, 6.45) is 0. The van der Waals surface area contributed by atoms with Crippen LogP contribution in [0.1, 0.15) is 26.5 Å². The van der Waals surface area contributed by atoms with E-state index in [4.69, 9.17) is 5.73 Å². The minimum atomic E-state index is -0.0561. The molecule has 2 aromatic rings. The van der Waals surface area contributed by atoms with Crippen LogP contribution in [0, 0.1) is 0 Å². The second kappa shape index (κ2) is 4.70. The molecule has 0 amide bonds. The molecule has 1 aromatic heterocycles. The number of aromatic nitrogens is 2. The quantitative estimate of drug-likeness (QED) is 0.811. The van der Waals surface area contributed by atoms with Gasteiger partial charge in [-0.25, -0.2) is 4.68 Å². The Labute approximate surface area is 124 Å². The van der Waals surface area contributed by atoms with Crippen molar-refractivity contribution in [2.24, 2.45) is 0 Å². The normalized spacial score (nSPS) is 11.8. The maximum Gasteiger partial charge on any atom is 0.141 e. The van der Waals surface area contributed by atoms with E-state index in [9.17, 15) is 0 Å². The van der Waals surface area contributed by atoms with Crippen LogP contribution >= 0.6 is 31.9 Å². The number of hydrogen-bond acceptors (Lipinski definition) is 2. The van der Waals surface area contributed by atoms with Gasteiger partial charge in [0.25, 0.3) is 0 Å². The third-order valence-corrected chi connectivity index (χ3v) is 4.10. The molecule has 1 aromatic carbocycles. The zero-order chi connectivity index (χ0) is 13.5. The first-order valence-electron chi connectivity index (χ1n) is 5.61. The van der Waals surface area contributed by atoms with Crippen molar-refractivity contribution in [3.05, 3.63) is 38.9 Å². The molecule has 0 bridgehead atoms. The summed E-state index contributed by atoms with van der Waals surface area (Å²) in [5.41, 5.74) is 7.97. The van der Waals surface area contributed by atoms with Crippen molar-refractivity contribution in [1.82, 2.24) is 9.78 Å². The number of anilines is 1. The fraction of sp³-hybridized carbons (Fsp3) is 0.308. The summed E-state index contributed by atoms with van der Waals surface area (Å²) in [6.45, 7) is 6.34. The zero-order valence-electron chi connectivity index (χ0n) is 10.5. The van der Waals surface area contributed by atoms with Gasteiger partial charge in [0.05, 0.1) is 15.9 Å². The molecule has 0 saturated carbocycles. The molecule has 18 heavy (non-hydrogen) atoms. The molecule has 3 nitrogen and oxygen atoms in total. The number of halogens is 2. The average Bonchev–Trinajstić information content (AvgIpc) is 2.57. The third kappa shape index (κ3) is 2.34. The highest BCUT2D eigenvalue weighted by atomic mass is 79.9. The number of nitrogens with zero attached hydrogens (tertiary/aromatic N) is 2. The van der Waals surface area contributed by atoms with Crippen molar-refractivity contribution in [3.8, 4) is 5.69 Å². The molecule has 96 valence electrons. The minimum Gasteiger partial charge on any atom is -0.383 e. The van der Waals surface area contributed by atoms with Gasteiger partial charge in [0, 0.05) is 9.89 Å². The molecular weight excluding hydrogens is 358 g/mol. The summed E-state index contributed by atoms with van der Waals surface area (Å²) in [5, 5.41) is 4.63. The number of benzene rings is 1. The Morgan fingerprint density at radius 1 is 1.17 bits per heavy atom. The molecule has 1 heterocycles. The van der Waals surface area contributed by atoms with Crippen molar-refractivity contribution < 1.29 is 0 Å². The highest BCUT2D eigenvalue weighted by Gasteiger charge is 2.25. The lowest BCUT2D eigenvalue weighted by Gasteiger charge is -2.15. The molecule has 0 radical (unpaired) electrons. The Hall–Kier alpha value is -0.810. The molecular formula is C13H15Br2N3. The molecule has 0 fully saturated rings. The maximum absolute atomic E-state index is 6.13. The standard InChI is InChI=1S/C13H15Br2N3/c1-13(2,3)11-10(15)12(16)18(17-11)9-7-5-4-6-8(9)14/h4-7H,16H2,1-3H3. The Morgan fingerprint density at radius 3 is 2.28 bits per heavy atom. The van der Waals surface area contributed by atoms with E-state index in [1.54, 1.807) is 4.68 Å². The minimum absolute atomic E-state index is 0.0561. The molecule has 0 aliphatic rings. The topological polar surface area (TPSA) is 43.8 Å². The molecule has 0 aliphatic heterocycles. The van der Waals surface area contributed by atoms with Crippen LogP contribution in [0.2, 0.25) is 0 Å². The first kappa shape index (κ1) is 13.6. The van der Waals surface area contributed by atoms with Gasteiger partial charge in [0.2, 0.25) is 0 Å². The first-order chi connectivity index (χ1) is 8.32. The van der Waals surface area contributed by atoms with Crippen LogP contribution in [-0.4, -0.2) is 9.78 Å². The molecule has 0 atom stereocenters. The summed E-state index contributed by atoms with van der Waals surface area (Å²) in [6, 6.07) is 7.88. The van der Waals surface area contributed by atoms with Gasteiger partial charge in [-0.1, -0.05) is 32.9 Å². The van der Waals surface area contributed by atoms with E-state index in [-0.39, 0.29) is 5.41 Å². The van der Waals surface area contributed by atoms with E-state index in [2.05, 4.69) is 57.7 Å². The zero-order valence-corrected chi connectivity index (χ0v) is 13.7. The van der Waals surface area contributed by atoms with Gasteiger partial charge in [-0.15, -0.1) is 0 Å². The molecule has 0 unspecified atom stereocenters. The van der Waals surface area contributed by atoms with E-state index < -0.39 is 0 Å². The molecule has 0 saturated heterocycles. The molecule has 5 heteroatoms. The number of hydrogen-bond donors (Lipinski definition) is 1. The van der Waals surface area contributed by atoms with E-state index in [1.165, 1.54) is 0 Å². The van der Waals surface area contributed by atoms with Crippen molar-refractivity contribution in [2.45, 2.75) is 26.2 Å². The highest BCUT2D eigenvalue weighted by molar-refractivity contribution is 9.11. The summed E-state index contributed by atoms with van der Waals surface area (Å²) in [5.74, 6) is 0.617. The third-order valence-electron chi connectivity index (χ3n) is 2.65. The Balaban J connectivity index is 2.65. The van der Waals surface area contributed by atoms with E-state index in [1.807, 2.05) is 24.3 Å². The molecule has 0 aliphatic carbocycles. The second-order valence-corrected chi connectivity index (χ2v) is 6.81. The van der Waals surface area contributed by atoms with Crippen LogP contribution in [0.25, 0.3) is 5.69 Å². The molecule has 0 spiro atoms. The smallest absolute Gasteiger partial charge is 0.141 e. The van der Waals surface area contributed by atoms with E-state index in [0.717, 1.165) is 20.3 Å². The van der Waals surface area contributed by atoms with Gasteiger partial charge in [-0.3, -0.25) is 0 Å². The Morgan fingerprint density at radius 2 is 1.78 bits per heavy atom. The van der Waals surface area contributed by atoms with Crippen molar-refractivity contribution in [2.75, 3.05) is 5.73 Å². The fourth-order valence-electron chi connectivity index (χ4n) is 1.70. The Bertz CT molecular complexity index is 582. The van der Waals surface area contributed by atoms with Crippen molar-refractivity contribution in [3.63, 3.8) is 0 Å². The lowest BCUT2D eigenvalue weighted by Crippen LogP contribution is -2.13. The van der Waals surface area contributed by atoms with Gasteiger partial charge in [-0.2, -0.15) is 5.10 Å². The lowest BCUT2D eigenvalue weighted by atomic mass is 9.92. The van der Waals surface area contributed by atoms with Gasteiger partial charge in [-0.05, 0) is 44.0 Å². The summed E-state index contributed by atoms with van der Waals surface area (Å²) in [4.78, 5) is 0. The summed E-state index contributed by atoms with van der Waals surface area (Å²) < 4.78 is 3.59. The highest BCUT2D eigenvalue weighted by Crippen LogP contribution is 2.35. The van der Waals surface area contributed by atoms with Crippen LogP contribution in [0.15, 0.2) is 33.2 Å². The SMILES string of the molecule is CC(C)(C)c1nn(-c2ccccc2Br)c(N)c1Br. The number of rotatable bonds is 1.